The van der Waals surface area contributed by atoms with Crippen molar-refractivity contribution in [3.63, 3.8) is 0 Å². The average molecular weight is 255 g/mol. The molecule has 1 aliphatic heterocycles. The summed E-state index contributed by atoms with van der Waals surface area (Å²) < 4.78 is 26.0. The van der Waals surface area contributed by atoms with E-state index in [2.05, 4.69) is 0 Å². The lowest BCUT2D eigenvalue weighted by atomic mass is 10.0. The molecule has 15 heavy (non-hydrogen) atoms. The molecule has 88 valence electrons. The number of rotatable bonds is 3. The van der Waals surface area contributed by atoms with E-state index < -0.39 is 15.5 Å². The number of nitrogens with zero attached hydrogens (tertiary/aromatic N) is 2. The van der Waals surface area contributed by atoms with Crippen molar-refractivity contribution in [2.45, 2.75) is 12.8 Å². The minimum Gasteiger partial charge on any atom is -0.281 e. The minimum absolute atomic E-state index is 0.197. The third kappa shape index (κ3) is 2.90. The third-order valence-electron chi connectivity index (χ3n) is 2.49. The van der Waals surface area contributed by atoms with E-state index in [4.69, 9.17) is 11.6 Å². The molecule has 0 bridgehead atoms. The molecule has 0 amide bonds. The molecule has 1 fully saturated rings. The lowest BCUT2D eigenvalue weighted by molar-refractivity contribution is -0.116. The molecule has 1 heterocycles. The van der Waals surface area contributed by atoms with Crippen LogP contribution in [-0.4, -0.2) is 49.5 Å². The maximum absolute atomic E-state index is 11.8. The SMILES string of the molecule is CN(C)S(=O)(=O)N1CCCC(C(=O)Cl)C1. The molecule has 7 heteroatoms. The Bertz CT molecular complexity index is 342. The van der Waals surface area contributed by atoms with Crippen LogP contribution in [-0.2, 0) is 15.0 Å². The minimum atomic E-state index is -3.41. The van der Waals surface area contributed by atoms with Gasteiger partial charge in [0.2, 0.25) is 5.24 Å². The predicted octanol–water partition coefficient (Wildman–Crippen LogP) is 0.270. The molecular weight excluding hydrogens is 240 g/mol. The molecule has 0 N–H and O–H groups in total. The molecule has 0 aliphatic carbocycles. The van der Waals surface area contributed by atoms with Crippen LogP contribution in [0.4, 0.5) is 0 Å². The van der Waals surface area contributed by atoms with Crippen LogP contribution in [0.2, 0.25) is 0 Å². The van der Waals surface area contributed by atoms with Gasteiger partial charge < -0.3 is 0 Å². The number of carbonyl (C=O) groups is 1. The molecule has 1 saturated heterocycles. The third-order valence-corrected chi connectivity index (χ3v) is 4.71. The fraction of sp³-hybridized carbons (Fsp3) is 0.875. The van der Waals surface area contributed by atoms with Gasteiger partial charge in [-0.2, -0.15) is 17.0 Å². The lowest BCUT2D eigenvalue weighted by Crippen LogP contribution is -2.46. The summed E-state index contributed by atoms with van der Waals surface area (Å²) in [7, 11) is -0.463. The van der Waals surface area contributed by atoms with Crippen LogP contribution in [0.3, 0.4) is 0 Å². The van der Waals surface area contributed by atoms with E-state index in [0.717, 1.165) is 4.31 Å². The van der Waals surface area contributed by atoms with Crippen LogP contribution in [0.15, 0.2) is 0 Å². The Hall–Kier alpha value is -0.170. The van der Waals surface area contributed by atoms with Crippen molar-refractivity contribution >= 4 is 27.1 Å². The van der Waals surface area contributed by atoms with Gasteiger partial charge in [0.15, 0.2) is 0 Å². The van der Waals surface area contributed by atoms with Crippen LogP contribution < -0.4 is 0 Å². The van der Waals surface area contributed by atoms with E-state index >= 15 is 0 Å². The summed E-state index contributed by atoms with van der Waals surface area (Å²) in [6.45, 7) is 0.657. The molecule has 0 spiro atoms. The van der Waals surface area contributed by atoms with Crippen LogP contribution in [0.1, 0.15) is 12.8 Å². The van der Waals surface area contributed by atoms with E-state index in [9.17, 15) is 13.2 Å². The van der Waals surface area contributed by atoms with Crippen LogP contribution >= 0.6 is 11.6 Å². The van der Waals surface area contributed by atoms with E-state index in [-0.39, 0.29) is 12.5 Å². The van der Waals surface area contributed by atoms with E-state index in [0.29, 0.717) is 19.4 Å². The summed E-state index contributed by atoms with van der Waals surface area (Å²) in [4.78, 5) is 11.0. The zero-order valence-electron chi connectivity index (χ0n) is 8.81. The molecule has 1 aliphatic rings. The Morgan fingerprint density at radius 3 is 2.53 bits per heavy atom. The highest BCUT2D eigenvalue weighted by molar-refractivity contribution is 7.86. The fourth-order valence-electron chi connectivity index (χ4n) is 1.57. The van der Waals surface area contributed by atoms with Gasteiger partial charge in [-0.3, -0.25) is 4.79 Å². The summed E-state index contributed by atoms with van der Waals surface area (Å²) >= 11 is 5.38. The highest BCUT2D eigenvalue weighted by Crippen LogP contribution is 2.21. The van der Waals surface area contributed by atoms with Crippen molar-refractivity contribution in [2.24, 2.45) is 5.92 Å². The highest BCUT2D eigenvalue weighted by Gasteiger charge is 2.32. The maximum atomic E-state index is 11.8. The standard InChI is InChI=1S/C8H15ClN2O3S/c1-10(2)15(13,14)11-5-3-4-7(6-11)8(9)12/h7H,3-6H2,1-2H3. The molecule has 1 unspecified atom stereocenters. The normalized spacial score (nSPS) is 24.4. The Morgan fingerprint density at radius 2 is 2.07 bits per heavy atom. The van der Waals surface area contributed by atoms with E-state index in [1.807, 2.05) is 0 Å². The van der Waals surface area contributed by atoms with Gasteiger partial charge in [0.25, 0.3) is 10.2 Å². The van der Waals surface area contributed by atoms with Crippen molar-refractivity contribution in [1.82, 2.24) is 8.61 Å². The monoisotopic (exact) mass is 254 g/mol. The quantitative estimate of drug-likeness (QED) is 0.680. The zero-order valence-corrected chi connectivity index (χ0v) is 10.4. The molecule has 0 aromatic rings. The van der Waals surface area contributed by atoms with E-state index in [1.54, 1.807) is 0 Å². The molecule has 1 atom stereocenters. The molecule has 0 aromatic heterocycles. The predicted molar refractivity (Wildman–Crippen MR) is 57.8 cm³/mol. The first-order valence-corrected chi connectivity index (χ1v) is 6.50. The number of hydrogen-bond acceptors (Lipinski definition) is 3. The topological polar surface area (TPSA) is 57.7 Å². The molecule has 5 nitrogen and oxygen atoms in total. The smallest absolute Gasteiger partial charge is 0.281 e. The summed E-state index contributed by atoms with van der Waals surface area (Å²) in [6, 6.07) is 0. The van der Waals surface area contributed by atoms with Gasteiger partial charge in [-0.15, -0.1) is 0 Å². The first-order chi connectivity index (χ1) is 6.85. The van der Waals surface area contributed by atoms with Crippen molar-refractivity contribution in [3.05, 3.63) is 0 Å². The summed E-state index contributed by atoms with van der Waals surface area (Å²) in [6.07, 6.45) is 1.35. The molecule has 0 radical (unpaired) electrons. The first-order valence-electron chi connectivity index (χ1n) is 4.72. The first kappa shape index (κ1) is 12.9. The molecule has 0 saturated carbocycles. The zero-order chi connectivity index (χ0) is 11.6. The Labute approximate surface area is 95.2 Å². The van der Waals surface area contributed by atoms with E-state index in [1.165, 1.54) is 18.4 Å². The molecule has 1 rings (SSSR count). The second kappa shape index (κ2) is 4.78. The van der Waals surface area contributed by atoms with Crippen molar-refractivity contribution in [1.29, 1.82) is 0 Å². The van der Waals surface area contributed by atoms with Crippen molar-refractivity contribution < 1.29 is 13.2 Å². The van der Waals surface area contributed by atoms with Crippen LogP contribution in [0, 0.1) is 5.92 Å². The Balaban J connectivity index is 2.77. The lowest BCUT2D eigenvalue weighted by Gasteiger charge is -2.31. The van der Waals surface area contributed by atoms with Gasteiger partial charge in [0, 0.05) is 33.1 Å². The molecular formula is C8H15ClN2O3S. The number of halogens is 1. The highest BCUT2D eigenvalue weighted by atomic mass is 35.5. The van der Waals surface area contributed by atoms with Crippen LogP contribution in [0.25, 0.3) is 0 Å². The second-order valence-electron chi connectivity index (χ2n) is 3.79. The Morgan fingerprint density at radius 1 is 1.47 bits per heavy atom. The van der Waals surface area contributed by atoms with Gasteiger partial charge in [-0.25, -0.2) is 0 Å². The van der Waals surface area contributed by atoms with Crippen molar-refractivity contribution in [2.75, 3.05) is 27.2 Å². The summed E-state index contributed by atoms with van der Waals surface area (Å²) in [5.41, 5.74) is 0. The maximum Gasteiger partial charge on any atom is 0.281 e. The van der Waals surface area contributed by atoms with Gasteiger partial charge in [-0.1, -0.05) is 0 Å². The van der Waals surface area contributed by atoms with Gasteiger partial charge in [0.05, 0.1) is 0 Å². The van der Waals surface area contributed by atoms with Gasteiger partial charge in [-0.05, 0) is 24.4 Å². The summed E-state index contributed by atoms with van der Waals surface area (Å²) in [5.74, 6) is -0.366. The van der Waals surface area contributed by atoms with Crippen molar-refractivity contribution in [3.8, 4) is 0 Å². The Kier molecular flexibility index (Phi) is 4.11. The average Bonchev–Trinajstić information content (AvgIpc) is 2.17. The summed E-state index contributed by atoms with van der Waals surface area (Å²) in [5, 5.41) is -0.450. The number of carbonyl (C=O) groups excluding carboxylic acids is 1. The van der Waals surface area contributed by atoms with Gasteiger partial charge >= 0.3 is 0 Å². The second-order valence-corrected chi connectivity index (χ2v) is 6.31. The largest absolute Gasteiger partial charge is 0.281 e. The van der Waals surface area contributed by atoms with Gasteiger partial charge in [0.1, 0.15) is 0 Å². The molecule has 0 aromatic carbocycles. The van der Waals surface area contributed by atoms with Crippen LogP contribution in [0.5, 0.6) is 0 Å². The fourth-order valence-corrected chi connectivity index (χ4v) is 2.94. The number of piperidine rings is 1. The number of hydrogen-bond donors (Lipinski definition) is 0.